The van der Waals surface area contributed by atoms with Crippen LogP contribution in [-0.2, 0) is 0 Å². The third-order valence-corrected chi connectivity index (χ3v) is 5.44. The molecule has 1 aliphatic rings. The molecule has 4 heteroatoms. The van der Waals surface area contributed by atoms with Crippen molar-refractivity contribution in [2.24, 2.45) is 0 Å². The molecule has 3 rings (SSSR count). The van der Waals surface area contributed by atoms with Gasteiger partial charge in [-0.25, -0.2) is 0 Å². The van der Waals surface area contributed by atoms with Gasteiger partial charge in [0.25, 0.3) is 0 Å². The number of pyridine rings is 1. The first kappa shape index (κ1) is 13.1. The Morgan fingerprint density at radius 2 is 2.00 bits per heavy atom. The molecular formula is C14H12BrClIN. The van der Waals surface area contributed by atoms with Crippen LogP contribution in [0.3, 0.4) is 0 Å². The van der Waals surface area contributed by atoms with Crippen LogP contribution in [0.15, 0.2) is 22.7 Å². The molecule has 0 saturated heterocycles. The van der Waals surface area contributed by atoms with Crippen LogP contribution in [0, 0.1) is 3.57 Å². The summed E-state index contributed by atoms with van der Waals surface area (Å²) in [6.07, 6.45) is 5.13. The van der Waals surface area contributed by atoms with E-state index in [9.17, 15) is 0 Å². The molecule has 0 radical (unpaired) electrons. The minimum Gasteiger partial charge on any atom is -0.251 e. The first-order valence-corrected chi connectivity index (χ1v) is 8.36. The summed E-state index contributed by atoms with van der Waals surface area (Å²) in [5, 5.41) is 1.85. The number of hydrogen-bond donors (Lipinski definition) is 0. The molecule has 0 bridgehead atoms. The predicted octanol–water partition coefficient (Wildman–Crippen LogP) is 5.91. The predicted molar refractivity (Wildman–Crippen MR) is 88.4 cm³/mol. The number of halogens is 3. The smallest absolute Gasteiger partial charge is 0.0865 e. The second-order valence-corrected chi connectivity index (χ2v) is 7.19. The number of rotatable bonds is 1. The van der Waals surface area contributed by atoms with E-state index in [0.29, 0.717) is 5.92 Å². The Balaban J connectivity index is 2.23. The van der Waals surface area contributed by atoms with Gasteiger partial charge in [0.1, 0.15) is 0 Å². The van der Waals surface area contributed by atoms with Crippen molar-refractivity contribution in [3.8, 4) is 0 Å². The number of benzene rings is 1. The summed E-state index contributed by atoms with van der Waals surface area (Å²) in [7, 11) is 0. The molecule has 0 atom stereocenters. The van der Waals surface area contributed by atoms with Crippen LogP contribution in [0.2, 0.25) is 5.02 Å². The van der Waals surface area contributed by atoms with E-state index in [1.807, 2.05) is 6.07 Å². The molecule has 0 N–H and O–H groups in total. The molecule has 0 unspecified atom stereocenters. The Morgan fingerprint density at radius 1 is 1.28 bits per heavy atom. The van der Waals surface area contributed by atoms with Gasteiger partial charge in [-0.1, -0.05) is 40.4 Å². The summed E-state index contributed by atoms with van der Waals surface area (Å²) >= 11 is 12.3. The van der Waals surface area contributed by atoms with Crippen molar-refractivity contribution in [1.29, 1.82) is 0 Å². The molecule has 1 nitrogen and oxygen atoms in total. The fourth-order valence-electron chi connectivity index (χ4n) is 2.67. The normalized spacial score (nSPS) is 16.6. The van der Waals surface area contributed by atoms with E-state index in [1.165, 1.54) is 31.4 Å². The average molecular weight is 437 g/mol. The van der Waals surface area contributed by atoms with Crippen molar-refractivity contribution in [1.82, 2.24) is 4.98 Å². The van der Waals surface area contributed by atoms with Gasteiger partial charge in [-0.2, -0.15) is 0 Å². The Bertz CT molecular complexity index is 608. The summed E-state index contributed by atoms with van der Waals surface area (Å²) in [6, 6.07) is 6.17. The fraction of sp³-hybridized carbons (Fsp3) is 0.357. The van der Waals surface area contributed by atoms with Gasteiger partial charge in [-0.3, -0.25) is 4.98 Å². The number of nitrogens with zero attached hydrogens (tertiary/aromatic N) is 1. The Hall–Kier alpha value is 0.130. The lowest BCUT2D eigenvalue weighted by Gasteiger charge is -2.12. The molecule has 0 aliphatic heterocycles. The molecule has 94 valence electrons. The number of fused-ring (bicyclic) bond motifs is 1. The van der Waals surface area contributed by atoms with Gasteiger partial charge in [0.15, 0.2) is 0 Å². The van der Waals surface area contributed by atoms with Crippen molar-refractivity contribution in [3.63, 3.8) is 0 Å². The van der Waals surface area contributed by atoms with E-state index >= 15 is 0 Å². The van der Waals surface area contributed by atoms with Crippen LogP contribution in [0.25, 0.3) is 10.9 Å². The third-order valence-electron chi connectivity index (χ3n) is 3.61. The molecule has 1 aliphatic carbocycles. The van der Waals surface area contributed by atoms with E-state index in [-0.39, 0.29) is 0 Å². The molecular weight excluding hydrogens is 424 g/mol. The van der Waals surface area contributed by atoms with Crippen LogP contribution in [0.5, 0.6) is 0 Å². The lowest BCUT2D eigenvalue weighted by Crippen LogP contribution is -1.98. The molecule has 1 heterocycles. The van der Waals surface area contributed by atoms with Crippen LogP contribution in [0.1, 0.15) is 37.3 Å². The zero-order chi connectivity index (χ0) is 12.7. The second kappa shape index (κ2) is 5.25. The number of aromatic nitrogens is 1. The first-order chi connectivity index (χ1) is 8.66. The summed E-state index contributed by atoms with van der Waals surface area (Å²) in [6.45, 7) is 0. The topological polar surface area (TPSA) is 12.9 Å². The van der Waals surface area contributed by atoms with Crippen molar-refractivity contribution in [2.75, 3.05) is 0 Å². The minimum atomic E-state index is 0.599. The highest BCUT2D eigenvalue weighted by Crippen LogP contribution is 2.38. The molecule has 0 amide bonds. The van der Waals surface area contributed by atoms with Crippen LogP contribution in [-0.4, -0.2) is 4.98 Å². The zero-order valence-electron chi connectivity index (χ0n) is 9.72. The van der Waals surface area contributed by atoms with Crippen molar-refractivity contribution < 1.29 is 0 Å². The van der Waals surface area contributed by atoms with Gasteiger partial charge in [0.05, 0.1) is 10.5 Å². The van der Waals surface area contributed by atoms with Gasteiger partial charge < -0.3 is 0 Å². The van der Waals surface area contributed by atoms with Crippen LogP contribution < -0.4 is 0 Å². The first-order valence-electron chi connectivity index (χ1n) is 6.11. The summed E-state index contributed by atoms with van der Waals surface area (Å²) in [4.78, 5) is 4.86. The largest absolute Gasteiger partial charge is 0.251 e. The van der Waals surface area contributed by atoms with Gasteiger partial charge >= 0.3 is 0 Å². The summed E-state index contributed by atoms with van der Waals surface area (Å²) < 4.78 is 2.18. The quantitative estimate of drug-likeness (QED) is 0.506. The zero-order valence-corrected chi connectivity index (χ0v) is 14.2. The van der Waals surface area contributed by atoms with E-state index in [1.54, 1.807) is 0 Å². The van der Waals surface area contributed by atoms with Crippen molar-refractivity contribution in [2.45, 2.75) is 31.6 Å². The highest BCUT2D eigenvalue weighted by molar-refractivity contribution is 14.1. The SMILES string of the molecule is Clc1cc(C2CCCC2)nc2c(I)ccc(Br)c12. The minimum absolute atomic E-state index is 0.599. The van der Waals surface area contributed by atoms with Gasteiger partial charge in [0.2, 0.25) is 0 Å². The van der Waals surface area contributed by atoms with E-state index in [2.05, 4.69) is 50.7 Å². The van der Waals surface area contributed by atoms with Crippen LogP contribution in [0.4, 0.5) is 0 Å². The molecule has 2 aromatic rings. The molecule has 1 aromatic carbocycles. The van der Waals surface area contributed by atoms with E-state index in [0.717, 1.165) is 24.0 Å². The Labute approximate surface area is 134 Å². The standard InChI is InChI=1S/C14H12BrClIN/c15-9-5-6-11(17)14-13(9)10(16)7-12(18-14)8-3-1-2-4-8/h5-8H,1-4H2. The van der Waals surface area contributed by atoms with E-state index in [4.69, 9.17) is 16.6 Å². The molecule has 1 fully saturated rings. The molecule has 18 heavy (non-hydrogen) atoms. The lowest BCUT2D eigenvalue weighted by atomic mass is 10.0. The molecule has 0 spiro atoms. The van der Waals surface area contributed by atoms with Gasteiger partial charge in [-0.15, -0.1) is 0 Å². The molecule has 1 aromatic heterocycles. The van der Waals surface area contributed by atoms with Crippen molar-refractivity contribution in [3.05, 3.63) is 37.0 Å². The lowest BCUT2D eigenvalue weighted by molar-refractivity contribution is 0.701. The summed E-state index contributed by atoms with van der Waals surface area (Å²) in [5.41, 5.74) is 2.19. The maximum atomic E-state index is 6.44. The fourth-order valence-corrected chi connectivity index (χ4v) is 4.19. The maximum Gasteiger partial charge on any atom is 0.0865 e. The maximum absolute atomic E-state index is 6.44. The highest BCUT2D eigenvalue weighted by Gasteiger charge is 2.20. The second-order valence-electron chi connectivity index (χ2n) is 4.76. The Kier molecular flexibility index (Phi) is 3.83. The average Bonchev–Trinajstić information content (AvgIpc) is 2.87. The van der Waals surface area contributed by atoms with Crippen LogP contribution >= 0.6 is 50.1 Å². The number of hydrogen-bond acceptors (Lipinski definition) is 1. The third kappa shape index (κ3) is 2.29. The Morgan fingerprint density at radius 3 is 2.72 bits per heavy atom. The van der Waals surface area contributed by atoms with Crippen molar-refractivity contribution >= 4 is 61.0 Å². The highest BCUT2D eigenvalue weighted by atomic mass is 127. The monoisotopic (exact) mass is 435 g/mol. The molecule has 1 saturated carbocycles. The van der Waals surface area contributed by atoms with E-state index < -0.39 is 0 Å². The van der Waals surface area contributed by atoms with Gasteiger partial charge in [-0.05, 0) is 53.6 Å². The van der Waals surface area contributed by atoms with Gasteiger partial charge in [0, 0.05) is 25.0 Å². The summed E-state index contributed by atoms with van der Waals surface area (Å²) in [5.74, 6) is 0.599.